The Balaban J connectivity index is 3.38. The Kier molecular flexibility index (Phi) is 2.36. The number of benzene rings is 1. The SMILES string of the molecule is COc1cc(O)cc(C)c1[N+](=O)[O-]. The summed E-state index contributed by atoms with van der Waals surface area (Å²) in [5.41, 5.74) is 0.266. The summed E-state index contributed by atoms with van der Waals surface area (Å²) in [5, 5.41) is 19.7. The Labute approximate surface area is 74.7 Å². The first-order chi connectivity index (χ1) is 6.06. The highest BCUT2D eigenvalue weighted by atomic mass is 16.6. The van der Waals surface area contributed by atoms with Gasteiger partial charge in [-0.2, -0.15) is 0 Å². The molecular weight excluding hydrogens is 174 g/mol. The maximum absolute atomic E-state index is 10.6. The Morgan fingerprint density at radius 3 is 2.62 bits per heavy atom. The van der Waals surface area contributed by atoms with Crippen molar-refractivity contribution in [3.8, 4) is 11.5 Å². The minimum Gasteiger partial charge on any atom is -0.508 e. The van der Waals surface area contributed by atoms with E-state index in [1.165, 1.54) is 19.2 Å². The number of phenolic OH excluding ortho intramolecular Hbond substituents is 1. The highest BCUT2D eigenvalue weighted by molar-refractivity contribution is 5.55. The van der Waals surface area contributed by atoms with Gasteiger partial charge >= 0.3 is 5.69 Å². The zero-order valence-electron chi connectivity index (χ0n) is 7.27. The van der Waals surface area contributed by atoms with E-state index in [0.29, 0.717) is 5.56 Å². The molecule has 0 aliphatic rings. The molecule has 5 heteroatoms. The Morgan fingerprint density at radius 1 is 1.54 bits per heavy atom. The first kappa shape index (κ1) is 9.31. The van der Waals surface area contributed by atoms with Crippen molar-refractivity contribution in [3.05, 3.63) is 27.8 Å². The highest BCUT2D eigenvalue weighted by Gasteiger charge is 2.18. The Bertz CT molecular complexity index is 348. The zero-order valence-corrected chi connectivity index (χ0v) is 7.27. The normalized spacial score (nSPS) is 9.69. The fraction of sp³-hybridized carbons (Fsp3) is 0.250. The molecule has 0 saturated heterocycles. The van der Waals surface area contributed by atoms with Gasteiger partial charge in [-0.1, -0.05) is 0 Å². The van der Waals surface area contributed by atoms with E-state index < -0.39 is 4.92 Å². The number of rotatable bonds is 2. The summed E-state index contributed by atoms with van der Waals surface area (Å²) in [6.45, 7) is 1.54. The van der Waals surface area contributed by atoms with Crippen molar-refractivity contribution in [1.29, 1.82) is 0 Å². The molecule has 0 unspecified atom stereocenters. The van der Waals surface area contributed by atoms with Crippen LogP contribution in [0.25, 0.3) is 0 Å². The second kappa shape index (κ2) is 3.30. The first-order valence-electron chi connectivity index (χ1n) is 3.58. The summed E-state index contributed by atoms with van der Waals surface area (Å²) in [4.78, 5) is 10.0. The predicted octanol–water partition coefficient (Wildman–Crippen LogP) is 1.62. The Hall–Kier alpha value is -1.78. The molecule has 0 heterocycles. The van der Waals surface area contributed by atoms with E-state index in [4.69, 9.17) is 9.84 Å². The third-order valence-electron chi connectivity index (χ3n) is 1.65. The molecule has 1 aromatic rings. The van der Waals surface area contributed by atoms with Crippen LogP contribution in [0.3, 0.4) is 0 Å². The van der Waals surface area contributed by atoms with Crippen molar-refractivity contribution in [1.82, 2.24) is 0 Å². The van der Waals surface area contributed by atoms with Crippen LogP contribution < -0.4 is 4.74 Å². The van der Waals surface area contributed by atoms with Crippen LogP contribution >= 0.6 is 0 Å². The second-order valence-corrected chi connectivity index (χ2v) is 2.57. The van der Waals surface area contributed by atoms with Crippen LogP contribution in [-0.2, 0) is 0 Å². The van der Waals surface area contributed by atoms with Crippen molar-refractivity contribution < 1.29 is 14.8 Å². The lowest BCUT2D eigenvalue weighted by atomic mass is 10.2. The van der Waals surface area contributed by atoms with E-state index in [2.05, 4.69) is 0 Å². The molecule has 0 spiro atoms. The quantitative estimate of drug-likeness (QED) is 0.558. The van der Waals surface area contributed by atoms with E-state index in [9.17, 15) is 10.1 Å². The van der Waals surface area contributed by atoms with Crippen LogP contribution in [-0.4, -0.2) is 17.1 Å². The van der Waals surface area contributed by atoms with Gasteiger partial charge in [0.2, 0.25) is 5.75 Å². The molecule has 1 rings (SSSR count). The summed E-state index contributed by atoms with van der Waals surface area (Å²) in [6, 6.07) is 2.53. The van der Waals surface area contributed by atoms with Gasteiger partial charge in [-0.25, -0.2) is 0 Å². The summed E-state index contributed by atoms with van der Waals surface area (Å²) >= 11 is 0. The number of nitrogens with zero attached hydrogens (tertiary/aromatic N) is 1. The summed E-state index contributed by atoms with van der Waals surface area (Å²) in [6.07, 6.45) is 0. The van der Waals surface area contributed by atoms with Crippen molar-refractivity contribution >= 4 is 5.69 Å². The van der Waals surface area contributed by atoms with Gasteiger partial charge in [-0.15, -0.1) is 0 Å². The van der Waals surface area contributed by atoms with Gasteiger partial charge in [0.05, 0.1) is 12.0 Å². The van der Waals surface area contributed by atoms with Crippen molar-refractivity contribution in [2.24, 2.45) is 0 Å². The number of nitro benzene ring substituents is 1. The van der Waals surface area contributed by atoms with Crippen LogP contribution in [0.5, 0.6) is 11.5 Å². The van der Waals surface area contributed by atoms with Gasteiger partial charge in [0.15, 0.2) is 0 Å². The van der Waals surface area contributed by atoms with Gasteiger partial charge in [-0.3, -0.25) is 10.1 Å². The third kappa shape index (κ3) is 1.69. The molecule has 70 valence electrons. The number of hydrogen-bond donors (Lipinski definition) is 1. The molecule has 0 fully saturated rings. The zero-order chi connectivity index (χ0) is 10.0. The van der Waals surface area contributed by atoms with E-state index in [-0.39, 0.29) is 17.2 Å². The number of aromatic hydroxyl groups is 1. The predicted molar refractivity (Wildman–Crippen MR) is 46.1 cm³/mol. The molecule has 0 amide bonds. The average molecular weight is 183 g/mol. The molecule has 13 heavy (non-hydrogen) atoms. The molecule has 1 N–H and O–H groups in total. The molecule has 1 aromatic carbocycles. The summed E-state index contributed by atoms with van der Waals surface area (Å²) < 4.78 is 4.77. The van der Waals surface area contributed by atoms with Gasteiger partial charge in [0.1, 0.15) is 5.75 Å². The largest absolute Gasteiger partial charge is 0.508 e. The van der Waals surface area contributed by atoms with Crippen LogP contribution in [0.1, 0.15) is 5.56 Å². The van der Waals surface area contributed by atoms with Crippen LogP contribution in [0.15, 0.2) is 12.1 Å². The molecule has 0 aliphatic heterocycles. The minimum absolute atomic E-state index is 0.0417. The second-order valence-electron chi connectivity index (χ2n) is 2.57. The fourth-order valence-corrected chi connectivity index (χ4v) is 1.12. The van der Waals surface area contributed by atoms with E-state index >= 15 is 0 Å². The summed E-state index contributed by atoms with van der Waals surface area (Å²) in [5.74, 6) is 0.0300. The molecule has 0 aromatic heterocycles. The number of aryl methyl sites for hydroxylation is 1. The Morgan fingerprint density at radius 2 is 2.15 bits per heavy atom. The van der Waals surface area contributed by atoms with E-state index in [0.717, 1.165) is 0 Å². The molecule has 0 bridgehead atoms. The monoisotopic (exact) mass is 183 g/mol. The molecule has 0 aliphatic carbocycles. The number of ether oxygens (including phenoxy) is 1. The van der Waals surface area contributed by atoms with Gasteiger partial charge < -0.3 is 9.84 Å². The van der Waals surface area contributed by atoms with Crippen LogP contribution in [0, 0.1) is 17.0 Å². The van der Waals surface area contributed by atoms with Gasteiger partial charge in [0, 0.05) is 11.6 Å². The van der Waals surface area contributed by atoms with E-state index in [1.54, 1.807) is 6.92 Å². The molecule has 0 atom stereocenters. The molecular formula is C8H9NO4. The average Bonchev–Trinajstić information content (AvgIpc) is 2.01. The number of hydrogen-bond acceptors (Lipinski definition) is 4. The standard InChI is InChI=1S/C8H9NO4/c1-5-3-6(10)4-7(13-2)8(5)9(11)12/h3-4,10H,1-2H3. The molecule has 5 nitrogen and oxygen atoms in total. The highest BCUT2D eigenvalue weighted by Crippen LogP contribution is 2.33. The third-order valence-corrected chi connectivity index (χ3v) is 1.65. The van der Waals surface area contributed by atoms with Crippen molar-refractivity contribution in [2.45, 2.75) is 6.92 Å². The van der Waals surface area contributed by atoms with Crippen LogP contribution in [0.4, 0.5) is 5.69 Å². The minimum atomic E-state index is -0.534. The molecule has 0 saturated carbocycles. The number of nitro groups is 1. The smallest absolute Gasteiger partial charge is 0.314 e. The fourth-order valence-electron chi connectivity index (χ4n) is 1.12. The van der Waals surface area contributed by atoms with Gasteiger partial charge in [-0.05, 0) is 13.0 Å². The first-order valence-corrected chi connectivity index (χ1v) is 3.58. The lowest BCUT2D eigenvalue weighted by Gasteiger charge is -2.04. The maximum atomic E-state index is 10.6. The maximum Gasteiger partial charge on any atom is 0.314 e. The lowest BCUT2D eigenvalue weighted by Crippen LogP contribution is -1.96. The van der Waals surface area contributed by atoms with Crippen molar-refractivity contribution in [2.75, 3.05) is 7.11 Å². The van der Waals surface area contributed by atoms with E-state index in [1.807, 2.05) is 0 Å². The summed E-state index contributed by atoms with van der Waals surface area (Å²) in [7, 11) is 1.32. The number of methoxy groups -OCH3 is 1. The van der Waals surface area contributed by atoms with Crippen molar-refractivity contribution in [3.63, 3.8) is 0 Å². The lowest BCUT2D eigenvalue weighted by molar-refractivity contribution is -0.386. The topological polar surface area (TPSA) is 72.6 Å². The molecule has 0 radical (unpaired) electrons. The number of phenols is 1. The van der Waals surface area contributed by atoms with Crippen LogP contribution in [0.2, 0.25) is 0 Å². The van der Waals surface area contributed by atoms with Gasteiger partial charge in [0.25, 0.3) is 0 Å².